The number of imide groups is 1. The molecule has 0 spiro atoms. The first kappa shape index (κ1) is 28.7. The van der Waals surface area contributed by atoms with Gasteiger partial charge in [0.25, 0.3) is 0 Å². The lowest BCUT2D eigenvalue weighted by molar-refractivity contribution is -0.147. The third-order valence-electron chi connectivity index (χ3n) is 6.68. The van der Waals surface area contributed by atoms with Gasteiger partial charge in [0.1, 0.15) is 18.0 Å². The van der Waals surface area contributed by atoms with Gasteiger partial charge in [-0.05, 0) is 44.1 Å². The number of nitrogens with one attached hydrogen (secondary N) is 1. The van der Waals surface area contributed by atoms with E-state index in [1.807, 2.05) is 12.2 Å². The molecule has 1 fully saturated rings. The number of ether oxygens (including phenoxy) is 2. The zero-order chi connectivity index (χ0) is 26.0. The molecule has 2 N–H and O–H groups in total. The summed E-state index contributed by atoms with van der Waals surface area (Å²) in [6.07, 6.45) is 10.1. The van der Waals surface area contributed by atoms with Gasteiger partial charge in [-0.15, -0.1) is 0 Å². The summed E-state index contributed by atoms with van der Waals surface area (Å²) >= 11 is 0. The second-order valence-corrected chi connectivity index (χ2v) is 9.62. The number of ketones is 1. The maximum atomic E-state index is 12.8. The number of hydrogen-bond acceptors (Lipinski definition) is 7. The van der Waals surface area contributed by atoms with Crippen LogP contribution < -0.4 is 5.32 Å². The highest BCUT2D eigenvalue weighted by Gasteiger charge is 2.33. The molecule has 0 unspecified atom stereocenters. The van der Waals surface area contributed by atoms with Gasteiger partial charge in [-0.3, -0.25) is 19.7 Å². The lowest BCUT2D eigenvalue weighted by Gasteiger charge is -2.31. The highest BCUT2D eigenvalue weighted by atomic mass is 16.5. The van der Waals surface area contributed by atoms with Gasteiger partial charge in [-0.25, -0.2) is 4.79 Å². The van der Waals surface area contributed by atoms with Crippen LogP contribution >= 0.6 is 0 Å². The Bertz CT molecular complexity index is 844. The van der Waals surface area contributed by atoms with E-state index in [-0.39, 0.29) is 23.5 Å². The quantitative estimate of drug-likeness (QED) is 0.305. The van der Waals surface area contributed by atoms with Crippen LogP contribution in [0.3, 0.4) is 0 Å². The topological polar surface area (TPSA) is 119 Å². The Morgan fingerprint density at radius 3 is 2.54 bits per heavy atom. The van der Waals surface area contributed by atoms with E-state index in [0.29, 0.717) is 44.1 Å². The second-order valence-electron chi connectivity index (χ2n) is 9.62. The number of methoxy groups -OCH3 is 1. The van der Waals surface area contributed by atoms with Crippen molar-refractivity contribution in [1.29, 1.82) is 0 Å². The predicted molar refractivity (Wildman–Crippen MR) is 131 cm³/mol. The fourth-order valence-electron chi connectivity index (χ4n) is 4.62. The Hall–Kier alpha value is -2.58. The molecule has 0 aromatic rings. The number of aliphatic hydroxyl groups excluding tert-OH is 1. The zero-order valence-corrected chi connectivity index (χ0v) is 21.2. The molecule has 35 heavy (non-hydrogen) atoms. The molecule has 8 nitrogen and oxygen atoms in total. The van der Waals surface area contributed by atoms with Gasteiger partial charge >= 0.3 is 5.97 Å². The first-order valence-electron chi connectivity index (χ1n) is 12.4. The summed E-state index contributed by atoms with van der Waals surface area (Å²) in [5.74, 6) is -1.89. The summed E-state index contributed by atoms with van der Waals surface area (Å²) in [4.78, 5) is 48.2. The highest BCUT2D eigenvalue weighted by Crippen LogP contribution is 2.26. The van der Waals surface area contributed by atoms with E-state index in [2.05, 4.69) is 5.32 Å². The number of cyclic esters (lactones) is 1. The van der Waals surface area contributed by atoms with E-state index >= 15 is 0 Å². The zero-order valence-electron chi connectivity index (χ0n) is 21.2. The van der Waals surface area contributed by atoms with Gasteiger partial charge < -0.3 is 14.6 Å². The van der Waals surface area contributed by atoms with E-state index in [1.165, 1.54) is 13.2 Å². The molecule has 2 heterocycles. The highest BCUT2D eigenvalue weighted by molar-refractivity contribution is 5.97. The summed E-state index contributed by atoms with van der Waals surface area (Å²) in [6.45, 7) is 5.39. The Balaban J connectivity index is 2.05. The fraction of sp³-hybridized carbons (Fsp3) is 0.630. The molecule has 0 aromatic carbocycles. The molecule has 194 valence electrons. The average molecular weight is 490 g/mol. The molecule has 2 aliphatic rings. The van der Waals surface area contributed by atoms with Crippen molar-refractivity contribution in [1.82, 2.24) is 5.32 Å². The smallest absolute Gasteiger partial charge is 0.331 e. The molecule has 2 amide bonds. The lowest BCUT2D eigenvalue weighted by Crippen LogP contribution is -2.41. The molecule has 0 bridgehead atoms. The molecule has 1 saturated heterocycles. The largest absolute Gasteiger partial charge is 0.454 e. The summed E-state index contributed by atoms with van der Waals surface area (Å²) in [6, 6.07) is 0. The second kappa shape index (κ2) is 14.1. The number of allylic oxidation sites excluding steroid dienone is 3. The number of hydrogen-bond donors (Lipinski definition) is 2. The maximum absolute atomic E-state index is 12.8. The Morgan fingerprint density at radius 1 is 1.23 bits per heavy atom. The normalized spacial score (nSPS) is 28.9. The maximum Gasteiger partial charge on any atom is 0.331 e. The van der Waals surface area contributed by atoms with Crippen molar-refractivity contribution in [2.45, 2.75) is 84.0 Å². The van der Waals surface area contributed by atoms with Gasteiger partial charge in [0.15, 0.2) is 0 Å². The van der Waals surface area contributed by atoms with E-state index in [9.17, 15) is 24.3 Å². The molecule has 5 atom stereocenters. The van der Waals surface area contributed by atoms with Crippen LogP contribution in [0.5, 0.6) is 0 Å². The average Bonchev–Trinajstić information content (AvgIpc) is 2.79. The molecule has 2 rings (SSSR count). The van der Waals surface area contributed by atoms with E-state index in [1.54, 1.807) is 32.9 Å². The summed E-state index contributed by atoms with van der Waals surface area (Å²) in [5, 5.41) is 13.2. The van der Waals surface area contributed by atoms with Crippen LogP contribution in [-0.4, -0.2) is 54.1 Å². The van der Waals surface area contributed by atoms with Crippen molar-refractivity contribution in [2.75, 3.05) is 7.11 Å². The number of Topliss-reactive ketones (excluding diaryl/α,β-unsaturated/α-hetero) is 1. The van der Waals surface area contributed by atoms with Crippen LogP contribution in [0.4, 0.5) is 0 Å². The number of carbonyl (C=O) groups excluding carboxylic acids is 4. The monoisotopic (exact) mass is 489 g/mol. The third kappa shape index (κ3) is 9.18. The molecule has 0 saturated carbocycles. The van der Waals surface area contributed by atoms with Gasteiger partial charge in [0.05, 0.1) is 6.10 Å². The van der Waals surface area contributed by atoms with Crippen molar-refractivity contribution in [3.63, 3.8) is 0 Å². The Kier molecular flexibility index (Phi) is 11.5. The fourth-order valence-corrected chi connectivity index (χ4v) is 4.62. The number of esters is 1. The van der Waals surface area contributed by atoms with Crippen molar-refractivity contribution in [3.8, 4) is 0 Å². The van der Waals surface area contributed by atoms with Gasteiger partial charge in [-0.1, -0.05) is 38.2 Å². The molecule has 0 radical (unpaired) electrons. The van der Waals surface area contributed by atoms with Gasteiger partial charge in [0, 0.05) is 44.3 Å². The molecular formula is C27H39NO7. The summed E-state index contributed by atoms with van der Waals surface area (Å²) < 4.78 is 11.2. The summed E-state index contributed by atoms with van der Waals surface area (Å²) in [5.41, 5.74) is 0.685. The van der Waals surface area contributed by atoms with Gasteiger partial charge in [0.2, 0.25) is 11.8 Å². The van der Waals surface area contributed by atoms with Crippen molar-refractivity contribution < 1.29 is 33.8 Å². The summed E-state index contributed by atoms with van der Waals surface area (Å²) in [7, 11) is 1.52. The number of aliphatic hydroxyl groups is 1. The van der Waals surface area contributed by atoms with Crippen molar-refractivity contribution in [2.24, 2.45) is 17.8 Å². The van der Waals surface area contributed by atoms with E-state index in [0.717, 1.165) is 6.42 Å². The van der Waals surface area contributed by atoms with Crippen LogP contribution in [0.2, 0.25) is 0 Å². The van der Waals surface area contributed by atoms with Crippen molar-refractivity contribution >= 4 is 23.6 Å². The molecular weight excluding hydrogens is 450 g/mol. The minimum atomic E-state index is -0.915. The van der Waals surface area contributed by atoms with Crippen molar-refractivity contribution in [3.05, 3.63) is 36.0 Å². The minimum absolute atomic E-state index is 0.0227. The van der Waals surface area contributed by atoms with Crippen LogP contribution in [0.15, 0.2) is 36.0 Å². The SMILES string of the molecule is CO[C@H]1/C=C/CCC=CC(=O)O[C@@H](/C(C)=C/[C@H](C)C(=O)CCCC2CC(=O)NC(=O)C2)[C@@H](C)[C@@H]1O. The molecule has 8 heteroatoms. The number of rotatable bonds is 8. The molecule has 2 aliphatic heterocycles. The van der Waals surface area contributed by atoms with Crippen LogP contribution in [0, 0.1) is 17.8 Å². The van der Waals surface area contributed by atoms with Crippen LogP contribution in [0.25, 0.3) is 0 Å². The first-order valence-corrected chi connectivity index (χ1v) is 12.4. The Morgan fingerprint density at radius 2 is 1.89 bits per heavy atom. The third-order valence-corrected chi connectivity index (χ3v) is 6.68. The molecule has 0 aliphatic carbocycles. The van der Waals surface area contributed by atoms with Crippen LogP contribution in [0.1, 0.15) is 65.7 Å². The minimum Gasteiger partial charge on any atom is -0.454 e. The standard InChI is InChI=1S/C27H39NO7/c1-17(21(29)11-9-10-20-15-23(30)28-24(31)16-20)14-18(2)27-19(3)26(33)22(34-4)12-7-5-6-8-13-25(32)35-27/h7-8,12-14,17,19-20,22,26-27,33H,5-6,9-11,15-16H2,1-4H3,(H,28,30,31)/b12-7+,13-8?,18-14+/t17-,19-,22-,26-,27-/m0/s1. The van der Waals surface area contributed by atoms with Gasteiger partial charge in [-0.2, -0.15) is 0 Å². The van der Waals surface area contributed by atoms with E-state index < -0.39 is 36.1 Å². The lowest BCUT2D eigenvalue weighted by atomic mass is 9.87. The predicted octanol–water partition coefficient (Wildman–Crippen LogP) is 3.19. The van der Waals surface area contributed by atoms with E-state index in [4.69, 9.17) is 9.47 Å². The van der Waals surface area contributed by atoms with Crippen LogP contribution in [-0.2, 0) is 28.7 Å². The number of amides is 2. The first-order chi connectivity index (χ1) is 16.6. The number of piperidine rings is 1. The number of carbonyl (C=O) groups is 4. The molecule has 0 aromatic heterocycles. The Labute approximate surface area is 207 Å².